The monoisotopic (exact) mass is 745 g/mol. The summed E-state index contributed by atoms with van der Waals surface area (Å²) in [6, 6.07) is 66.6. The summed E-state index contributed by atoms with van der Waals surface area (Å²) < 4.78 is 0. The van der Waals surface area contributed by atoms with Crippen molar-refractivity contribution in [1.82, 2.24) is 0 Å². The molecule has 0 radical (unpaired) electrons. The highest BCUT2D eigenvalue weighted by Gasteiger charge is 2.52. The molecule has 0 bridgehead atoms. The largest absolute Gasteiger partial charge is 0.310 e. The molecule has 58 heavy (non-hydrogen) atoms. The number of hydrogen-bond acceptors (Lipinski definition) is 1. The van der Waals surface area contributed by atoms with Crippen LogP contribution in [0.1, 0.15) is 79.1 Å². The Morgan fingerprint density at radius 2 is 0.862 bits per heavy atom. The van der Waals surface area contributed by atoms with E-state index >= 15 is 0 Å². The van der Waals surface area contributed by atoms with Crippen LogP contribution in [0.4, 0.5) is 17.1 Å². The van der Waals surface area contributed by atoms with E-state index in [1.54, 1.807) is 0 Å². The first-order valence-electron chi connectivity index (χ1n) is 20.8. The molecule has 0 saturated heterocycles. The number of aryl methyl sites for hydroxylation is 1. The molecular formula is C57H47N. The fourth-order valence-electron chi connectivity index (χ4n) is 11.0. The Labute approximate surface area is 343 Å². The van der Waals surface area contributed by atoms with Gasteiger partial charge in [0.15, 0.2) is 0 Å². The van der Waals surface area contributed by atoms with Gasteiger partial charge in [-0.2, -0.15) is 0 Å². The molecule has 0 amide bonds. The molecule has 0 aliphatic heterocycles. The molecule has 3 aliphatic rings. The molecule has 1 spiro atoms. The van der Waals surface area contributed by atoms with Crippen molar-refractivity contribution in [2.24, 2.45) is 0 Å². The Hall–Kier alpha value is -6.44. The smallest absolute Gasteiger partial charge is 0.0726 e. The molecule has 8 aromatic carbocycles. The van der Waals surface area contributed by atoms with Gasteiger partial charge in [0.1, 0.15) is 0 Å². The number of hydrogen-bond donors (Lipinski definition) is 0. The van der Waals surface area contributed by atoms with Gasteiger partial charge in [-0.05, 0) is 126 Å². The van der Waals surface area contributed by atoms with Crippen LogP contribution in [0.2, 0.25) is 0 Å². The lowest BCUT2D eigenvalue weighted by Crippen LogP contribution is -2.26. The second-order valence-electron chi connectivity index (χ2n) is 18.1. The summed E-state index contributed by atoms with van der Waals surface area (Å²) in [5, 5.41) is 0. The number of benzene rings is 8. The van der Waals surface area contributed by atoms with Gasteiger partial charge in [-0.25, -0.2) is 0 Å². The molecule has 0 heterocycles. The normalized spacial score (nSPS) is 14.7. The summed E-state index contributed by atoms with van der Waals surface area (Å²) in [5.41, 5.74) is 24.2. The van der Waals surface area contributed by atoms with Crippen LogP contribution in [0, 0.1) is 6.92 Å². The van der Waals surface area contributed by atoms with Gasteiger partial charge < -0.3 is 4.90 Å². The summed E-state index contributed by atoms with van der Waals surface area (Å²) in [5.74, 6) is 0. The van der Waals surface area contributed by atoms with E-state index < -0.39 is 5.41 Å². The lowest BCUT2D eigenvalue weighted by Gasteiger charge is -2.33. The van der Waals surface area contributed by atoms with Crippen molar-refractivity contribution < 1.29 is 0 Å². The van der Waals surface area contributed by atoms with Crippen LogP contribution < -0.4 is 4.90 Å². The molecule has 0 N–H and O–H groups in total. The van der Waals surface area contributed by atoms with Gasteiger partial charge >= 0.3 is 0 Å². The van der Waals surface area contributed by atoms with Crippen molar-refractivity contribution in [3.63, 3.8) is 0 Å². The molecule has 8 aromatic rings. The van der Waals surface area contributed by atoms with Crippen LogP contribution in [0.5, 0.6) is 0 Å². The highest BCUT2D eigenvalue weighted by atomic mass is 15.1. The highest BCUT2D eigenvalue weighted by molar-refractivity contribution is 6.01. The maximum atomic E-state index is 2.57. The zero-order valence-electron chi connectivity index (χ0n) is 34.2. The van der Waals surface area contributed by atoms with E-state index in [0.717, 1.165) is 5.69 Å². The zero-order valence-corrected chi connectivity index (χ0v) is 34.2. The molecule has 1 heteroatoms. The molecule has 1 nitrogen and oxygen atoms in total. The highest BCUT2D eigenvalue weighted by Crippen LogP contribution is 2.65. The second-order valence-corrected chi connectivity index (χ2v) is 18.1. The van der Waals surface area contributed by atoms with Crippen molar-refractivity contribution in [3.05, 3.63) is 220 Å². The second kappa shape index (κ2) is 12.3. The Morgan fingerprint density at radius 3 is 1.48 bits per heavy atom. The van der Waals surface area contributed by atoms with Crippen molar-refractivity contribution in [2.75, 3.05) is 4.90 Å². The van der Waals surface area contributed by atoms with E-state index in [2.05, 4.69) is 222 Å². The first-order chi connectivity index (χ1) is 28.1. The lowest BCUT2D eigenvalue weighted by atomic mass is 9.70. The number of nitrogens with zero attached hydrogens (tertiary/aromatic N) is 1. The van der Waals surface area contributed by atoms with Crippen LogP contribution in [-0.4, -0.2) is 0 Å². The Balaban J connectivity index is 1.22. The summed E-state index contributed by atoms with van der Waals surface area (Å²) in [6.07, 6.45) is 0. The van der Waals surface area contributed by atoms with Gasteiger partial charge in [0.2, 0.25) is 0 Å². The molecule has 0 fully saturated rings. The number of anilines is 3. The Bertz CT molecular complexity index is 2940. The summed E-state index contributed by atoms with van der Waals surface area (Å²) in [7, 11) is 0. The summed E-state index contributed by atoms with van der Waals surface area (Å²) in [6.45, 7) is 14.0. The van der Waals surface area contributed by atoms with E-state index in [-0.39, 0.29) is 10.8 Å². The lowest BCUT2D eigenvalue weighted by molar-refractivity contribution is 0.592. The first-order valence-corrected chi connectivity index (χ1v) is 20.8. The van der Waals surface area contributed by atoms with Crippen molar-refractivity contribution >= 4 is 17.1 Å². The van der Waals surface area contributed by atoms with Crippen molar-refractivity contribution in [3.8, 4) is 44.5 Å². The average molecular weight is 746 g/mol. The Kier molecular flexibility index (Phi) is 7.36. The predicted octanol–water partition coefficient (Wildman–Crippen LogP) is 15.1. The molecule has 11 rings (SSSR count). The predicted molar refractivity (Wildman–Crippen MR) is 244 cm³/mol. The van der Waals surface area contributed by atoms with E-state index in [0.29, 0.717) is 0 Å². The standard InChI is InChI=1S/C57H47N/c1-36-18-7-8-19-39(36)43-32-30-37(34-51(43)55(2,3)4)58(38-31-33-44-40-20-9-13-24-46(40)56(5,6)52(44)35-38)53-29-17-28-50-54(53)45-23-12-16-27-49(45)57(50)47-25-14-10-21-41(47)42-22-11-15-26-48(42)57/h7-35H,1-6H3. The third-order valence-electron chi connectivity index (χ3n) is 13.6. The molecule has 0 saturated carbocycles. The van der Waals surface area contributed by atoms with Gasteiger partial charge in [-0.1, -0.05) is 180 Å². The quantitative estimate of drug-likeness (QED) is 0.173. The SMILES string of the molecule is Cc1ccccc1-c1ccc(N(c2ccc3c(c2)C(C)(C)c2ccccc2-3)c2cccc3c2-c2ccccc2C32c3ccccc3-c3ccccc32)cc1C(C)(C)C. The van der Waals surface area contributed by atoms with Crippen molar-refractivity contribution in [2.45, 2.75) is 57.8 Å². The maximum absolute atomic E-state index is 2.57. The fourth-order valence-corrected chi connectivity index (χ4v) is 11.0. The van der Waals surface area contributed by atoms with Gasteiger partial charge in [0.25, 0.3) is 0 Å². The topological polar surface area (TPSA) is 3.24 Å². The zero-order chi connectivity index (χ0) is 39.6. The molecule has 3 aliphatic carbocycles. The summed E-state index contributed by atoms with van der Waals surface area (Å²) in [4.78, 5) is 2.57. The third kappa shape index (κ3) is 4.65. The molecular weight excluding hydrogens is 699 g/mol. The van der Waals surface area contributed by atoms with E-state index in [4.69, 9.17) is 0 Å². The average Bonchev–Trinajstić information content (AvgIpc) is 3.80. The van der Waals surface area contributed by atoms with E-state index in [1.165, 1.54) is 100 Å². The number of fused-ring (bicyclic) bond motifs is 13. The van der Waals surface area contributed by atoms with Gasteiger partial charge in [-0.3, -0.25) is 0 Å². The third-order valence-corrected chi connectivity index (χ3v) is 13.6. The minimum absolute atomic E-state index is 0.104. The Morgan fingerprint density at radius 1 is 0.397 bits per heavy atom. The van der Waals surface area contributed by atoms with Gasteiger partial charge in [-0.15, -0.1) is 0 Å². The van der Waals surface area contributed by atoms with Crippen LogP contribution in [0.3, 0.4) is 0 Å². The molecule has 0 unspecified atom stereocenters. The fraction of sp³-hybridized carbons (Fsp3) is 0.158. The van der Waals surface area contributed by atoms with E-state index in [1.807, 2.05) is 0 Å². The van der Waals surface area contributed by atoms with Crippen LogP contribution in [0.15, 0.2) is 176 Å². The maximum Gasteiger partial charge on any atom is 0.0726 e. The minimum atomic E-state index is -0.423. The first kappa shape index (κ1) is 34.8. The van der Waals surface area contributed by atoms with Gasteiger partial charge in [0.05, 0.1) is 11.1 Å². The van der Waals surface area contributed by atoms with E-state index in [9.17, 15) is 0 Å². The van der Waals surface area contributed by atoms with Crippen LogP contribution in [-0.2, 0) is 16.2 Å². The minimum Gasteiger partial charge on any atom is -0.310 e. The van der Waals surface area contributed by atoms with Crippen LogP contribution in [0.25, 0.3) is 44.5 Å². The molecule has 0 atom stereocenters. The molecule has 0 aromatic heterocycles. The summed E-state index contributed by atoms with van der Waals surface area (Å²) >= 11 is 0. The van der Waals surface area contributed by atoms with Gasteiger partial charge in [0, 0.05) is 22.4 Å². The molecule has 280 valence electrons. The van der Waals surface area contributed by atoms with Crippen molar-refractivity contribution in [1.29, 1.82) is 0 Å². The number of rotatable bonds is 4. The van der Waals surface area contributed by atoms with Crippen LogP contribution >= 0.6 is 0 Å².